The predicted octanol–water partition coefficient (Wildman–Crippen LogP) is 2.36. The molecule has 1 aliphatic heterocycles. The molecule has 0 atom stereocenters. The van der Waals surface area contributed by atoms with E-state index >= 15 is 0 Å². The lowest BCUT2D eigenvalue weighted by Crippen LogP contribution is -2.51. The number of carbonyl (C=O) groups is 1. The minimum atomic E-state index is -3.96. The molecule has 162 valence electrons. The predicted molar refractivity (Wildman–Crippen MR) is 117 cm³/mol. The number of hydrogen-bond donors (Lipinski definition) is 0. The van der Waals surface area contributed by atoms with Crippen molar-refractivity contribution in [3.05, 3.63) is 54.1 Å². The summed E-state index contributed by atoms with van der Waals surface area (Å²) in [5.41, 5.74) is 1.31. The van der Waals surface area contributed by atoms with Crippen LogP contribution in [0.3, 0.4) is 0 Å². The number of nitrogens with zero attached hydrogens (tertiary/aromatic N) is 3. The highest BCUT2D eigenvalue weighted by Crippen LogP contribution is 2.32. The van der Waals surface area contributed by atoms with E-state index in [1.807, 2.05) is 6.92 Å². The zero-order valence-electron chi connectivity index (χ0n) is 17.7. The zero-order valence-corrected chi connectivity index (χ0v) is 18.6. The third-order valence-electron chi connectivity index (χ3n) is 5.41. The van der Waals surface area contributed by atoms with E-state index in [9.17, 15) is 13.2 Å². The van der Waals surface area contributed by atoms with Crippen molar-refractivity contribution in [1.82, 2.24) is 9.80 Å². The van der Waals surface area contributed by atoms with Gasteiger partial charge in [0.25, 0.3) is 10.0 Å². The van der Waals surface area contributed by atoms with E-state index in [4.69, 9.17) is 4.74 Å². The third kappa shape index (κ3) is 4.76. The Morgan fingerprint density at radius 2 is 1.67 bits per heavy atom. The van der Waals surface area contributed by atoms with Crippen molar-refractivity contribution in [3.63, 3.8) is 0 Å². The molecule has 0 radical (unpaired) electrons. The topological polar surface area (TPSA) is 70.2 Å². The Labute approximate surface area is 178 Å². The third-order valence-corrected chi connectivity index (χ3v) is 7.19. The van der Waals surface area contributed by atoms with Gasteiger partial charge in [-0.15, -0.1) is 0 Å². The fourth-order valence-electron chi connectivity index (χ4n) is 3.51. The molecule has 0 unspecified atom stereocenters. The fourth-order valence-corrected chi connectivity index (χ4v) is 4.93. The highest BCUT2D eigenvalue weighted by Gasteiger charge is 2.31. The fraction of sp³-hybridized carbons (Fsp3) is 0.409. The van der Waals surface area contributed by atoms with E-state index in [1.165, 1.54) is 7.11 Å². The Bertz CT molecular complexity index is 968. The molecule has 8 heteroatoms. The number of likely N-dealkylation sites (N-methyl/N-ethyl adjacent to an activating group) is 1. The van der Waals surface area contributed by atoms with Gasteiger partial charge in [0, 0.05) is 26.2 Å². The molecule has 1 heterocycles. The van der Waals surface area contributed by atoms with Crippen LogP contribution in [-0.2, 0) is 14.8 Å². The highest BCUT2D eigenvalue weighted by atomic mass is 32.2. The molecule has 1 saturated heterocycles. The van der Waals surface area contributed by atoms with Crippen molar-refractivity contribution < 1.29 is 17.9 Å². The molecule has 1 amide bonds. The number of piperazine rings is 1. The van der Waals surface area contributed by atoms with E-state index < -0.39 is 10.0 Å². The van der Waals surface area contributed by atoms with Gasteiger partial charge in [-0.2, -0.15) is 0 Å². The van der Waals surface area contributed by atoms with Crippen LogP contribution in [0.1, 0.15) is 12.5 Å². The van der Waals surface area contributed by atoms with Crippen molar-refractivity contribution >= 4 is 21.6 Å². The molecular formula is C22H29N3O4S. The first kappa shape index (κ1) is 22.1. The molecule has 1 fully saturated rings. The second kappa shape index (κ2) is 9.49. The Hall–Kier alpha value is -2.58. The summed E-state index contributed by atoms with van der Waals surface area (Å²) in [6, 6.07) is 13.5. The van der Waals surface area contributed by atoms with Crippen molar-refractivity contribution in [3.8, 4) is 5.75 Å². The van der Waals surface area contributed by atoms with Crippen LogP contribution in [0.15, 0.2) is 53.4 Å². The van der Waals surface area contributed by atoms with E-state index in [0.29, 0.717) is 24.5 Å². The Morgan fingerprint density at radius 3 is 2.27 bits per heavy atom. The summed E-state index contributed by atoms with van der Waals surface area (Å²) in [6.45, 7) is 7.43. The first-order valence-electron chi connectivity index (χ1n) is 10.1. The Kier molecular flexibility index (Phi) is 6.99. The number of para-hydroxylation sites is 2. The molecule has 0 saturated carbocycles. The van der Waals surface area contributed by atoms with Gasteiger partial charge < -0.3 is 14.5 Å². The summed E-state index contributed by atoms with van der Waals surface area (Å²) in [5, 5.41) is 0. The van der Waals surface area contributed by atoms with Crippen LogP contribution >= 0.6 is 0 Å². The Morgan fingerprint density at radius 1 is 1.03 bits per heavy atom. The van der Waals surface area contributed by atoms with Gasteiger partial charge in [0.15, 0.2) is 0 Å². The maximum absolute atomic E-state index is 13.5. The summed E-state index contributed by atoms with van der Waals surface area (Å²) in [4.78, 5) is 17.2. The highest BCUT2D eigenvalue weighted by molar-refractivity contribution is 7.92. The molecule has 2 aromatic carbocycles. The quantitative estimate of drug-likeness (QED) is 0.673. The maximum atomic E-state index is 13.5. The smallest absolute Gasteiger partial charge is 0.264 e. The number of rotatable bonds is 7. The molecule has 30 heavy (non-hydrogen) atoms. The normalized spacial score (nSPS) is 15.1. The first-order valence-corrected chi connectivity index (χ1v) is 11.5. The molecule has 2 aromatic rings. The van der Waals surface area contributed by atoms with Gasteiger partial charge in [-0.1, -0.05) is 36.8 Å². The standard InChI is InChI=1S/C22H29N3O4S/c1-4-23-13-15-24(16-14-23)22(26)17-25(20-7-5-6-8-21(20)29-3)30(27,28)19-11-9-18(2)10-12-19/h5-12H,4,13-17H2,1-3H3. The lowest BCUT2D eigenvalue weighted by atomic mass is 10.2. The van der Waals surface area contributed by atoms with Gasteiger partial charge >= 0.3 is 0 Å². The largest absolute Gasteiger partial charge is 0.495 e. The second-order valence-electron chi connectivity index (χ2n) is 7.31. The van der Waals surface area contributed by atoms with Crippen LogP contribution in [0.25, 0.3) is 0 Å². The van der Waals surface area contributed by atoms with Crippen LogP contribution in [0, 0.1) is 6.92 Å². The number of sulfonamides is 1. The van der Waals surface area contributed by atoms with E-state index in [1.54, 1.807) is 53.4 Å². The van der Waals surface area contributed by atoms with Gasteiger partial charge in [0.1, 0.15) is 12.3 Å². The van der Waals surface area contributed by atoms with Crippen molar-refractivity contribution in [1.29, 1.82) is 0 Å². The van der Waals surface area contributed by atoms with Crippen LogP contribution in [0.5, 0.6) is 5.75 Å². The average Bonchev–Trinajstić information content (AvgIpc) is 2.77. The zero-order chi connectivity index (χ0) is 21.7. The number of aryl methyl sites for hydroxylation is 1. The van der Waals surface area contributed by atoms with Gasteiger partial charge in [-0.25, -0.2) is 8.42 Å². The minimum Gasteiger partial charge on any atom is -0.495 e. The van der Waals surface area contributed by atoms with Crippen LogP contribution in [-0.4, -0.2) is 70.5 Å². The summed E-state index contributed by atoms with van der Waals surface area (Å²) in [7, 11) is -2.47. The monoisotopic (exact) mass is 431 g/mol. The van der Waals surface area contributed by atoms with Crippen molar-refractivity contribution in [2.75, 3.05) is 50.7 Å². The molecule has 0 spiro atoms. The molecule has 7 nitrogen and oxygen atoms in total. The van der Waals surface area contributed by atoms with E-state index in [0.717, 1.165) is 29.5 Å². The number of carbonyl (C=O) groups excluding carboxylic acids is 1. The van der Waals surface area contributed by atoms with Crippen LogP contribution < -0.4 is 9.04 Å². The molecule has 0 bridgehead atoms. The summed E-state index contributed by atoms with van der Waals surface area (Å²) in [6.07, 6.45) is 0. The molecule has 0 N–H and O–H groups in total. The van der Waals surface area contributed by atoms with Gasteiger partial charge in [-0.05, 0) is 37.7 Å². The van der Waals surface area contributed by atoms with E-state index in [2.05, 4.69) is 11.8 Å². The Balaban J connectivity index is 1.94. The summed E-state index contributed by atoms with van der Waals surface area (Å²) in [5.74, 6) is 0.184. The van der Waals surface area contributed by atoms with Crippen LogP contribution in [0.4, 0.5) is 5.69 Å². The van der Waals surface area contributed by atoms with Crippen molar-refractivity contribution in [2.45, 2.75) is 18.7 Å². The van der Waals surface area contributed by atoms with E-state index in [-0.39, 0.29) is 17.3 Å². The van der Waals surface area contributed by atoms with Gasteiger partial charge in [0.2, 0.25) is 5.91 Å². The average molecular weight is 432 g/mol. The summed E-state index contributed by atoms with van der Waals surface area (Å²) < 4.78 is 33.6. The number of methoxy groups -OCH3 is 1. The summed E-state index contributed by atoms with van der Waals surface area (Å²) >= 11 is 0. The van der Waals surface area contributed by atoms with Gasteiger partial charge in [-0.3, -0.25) is 9.10 Å². The minimum absolute atomic E-state index is 0.141. The second-order valence-corrected chi connectivity index (χ2v) is 9.17. The number of amides is 1. The van der Waals surface area contributed by atoms with Crippen LogP contribution in [0.2, 0.25) is 0 Å². The number of anilines is 1. The molecule has 0 aromatic heterocycles. The SMILES string of the molecule is CCN1CCN(C(=O)CN(c2ccccc2OC)S(=O)(=O)c2ccc(C)cc2)CC1. The molecule has 3 rings (SSSR count). The number of ether oxygens (including phenoxy) is 1. The van der Waals surface area contributed by atoms with Gasteiger partial charge in [0.05, 0.1) is 17.7 Å². The molecular weight excluding hydrogens is 402 g/mol. The maximum Gasteiger partial charge on any atom is 0.264 e. The lowest BCUT2D eigenvalue weighted by Gasteiger charge is -2.35. The molecule has 1 aliphatic rings. The number of benzene rings is 2. The first-order chi connectivity index (χ1) is 14.4. The number of hydrogen-bond acceptors (Lipinski definition) is 5. The lowest BCUT2D eigenvalue weighted by molar-refractivity contribution is -0.131. The van der Waals surface area contributed by atoms with Crippen molar-refractivity contribution in [2.24, 2.45) is 0 Å². The molecule has 0 aliphatic carbocycles.